The number of hydrogen-bond acceptors (Lipinski definition) is 5. The zero-order chi connectivity index (χ0) is 21.0. The molecule has 6 nitrogen and oxygen atoms in total. The Morgan fingerprint density at radius 3 is 2.41 bits per heavy atom. The third-order valence-electron chi connectivity index (χ3n) is 4.05. The molecular weight excluding hydrogens is 389 g/mol. The Morgan fingerprint density at radius 2 is 1.76 bits per heavy atom. The van der Waals surface area contributed by atoms with Crippen molar-refractivity contribution in [3.05, 3.63) is 59.9 Å². The summed E-state index contributed by atoms with van der Waals surface area (Å²) in [6.45, 7) is 1.01. The summed E-state index contributed by atoms with van der Waals surface area (Å²) in [5.74, 6) is -2.06. The molecule has 0 radical (unpaired) electrons. The van der Waals surface area contributed by atoms with E-state index in [2.05, 4.69) is 4.98 Å². The van der Waals surface area contributed by atoms with Crippen LogP contribution in [-0.2, 0) is 22.3 Å². The summed E-state index contributed by atoms with van der Waals surface area (Å²) in [5.41, 5.74) is 0.554. The lowest BCUT2D eigenvalue weighted by Crippen LogP contribution is -2.22. The second-order valence-electron chi connectivity index (χ2n) is 6.05. The molecule has 9 heteroatoms. The topological polar surface area (TPSA) is 70.4 Å². The molecule has 0 saturated carbocycles. The van der Waals surface area contributed by atoms with Gasteiger partial charge in [0.15, 0.2) is 12.4 Å². The molecule has 0 bridgehead atoms. The van der Waals surface area contributed by atoms with Crippen molar-refractivity contribution in [2.75, 3.05) is 13.2 Å². The second kappa shape index (κ2) is 8.34. The van der Waals surface area contributed by atoms with Crippen LogP contribution in [-0.4, -0.2) is 34.5 Å². The number of benzene rings is 2. The van der Waals surface area contributed by atoms with Crippen LogP contribution in [0.15, 0.2) is 48.5 Å². The lowest BCUT2D eigenvalue weighted by molar-refractivity contribution is -0.150. The normalized spacial score (nSPS) is 11.4. The van der Waals surface area contributed by atoms with E-state index >= 15 is 0 Å². The largest absolute Gasteiger partial charge is 0.494 e. The van der Waals surface area contributed by atoms with Crippen molar-refractivity contribution < 1.29 is 32.2 Å². The third kappa shape index (κ3) is 4.74. The van der Waals surface area contributed by atoms with Crippen molar-refractivity contribution in [1.82, 2.24) is 9.55 Å². The maximum Gasteiger partial charge on any atom is 0.449 e. The predicted molar refractivity (Wildman–Crippen MR) is 97.6 cm³/mol. The van der Waals surface area contributed by atoms with E-state index in [4.69, 9.17) is 9.47 Å². The quantitative estimate of drug-likeness (QED) is 0.440. The first-order chi connectivity index (χ1) is 13.8. The lowest BCUT2D eigenvalue weighted by Gasteiger charge is -2.11. The van der Waals surface area contributed by atoms with Crippen molar-refractivity contribution in [2.45, 2.75) is 19.6 Å². The van der Waals surface area contributed by atoms with Crippen LogP contribution in [0, 0.1) is 0 Å². The van der Waals surface area contributed by atoms with Crippen molar-refractivity contribution in [1.29, 1.82) is 0 Å². The first kappa shape index (κ1) is 20.4. The fourth-order valence-corrected chi connectivity index (χ4v) is 2.76. The fraction of sp³-hybridized carbons (Fsp3) is 0.250. The summed E-state index contributed by atoms with van der Waals surface area (Å²) >= 11 is 0. The Morgan fingerprint density at radius 1 is 1.07 bits per heavy atom. The van der Waals surface area contributed by atoms with Gasteiger partial charge in [-0.15, -0.1) is 0 Å². The number of ketones is 1. The maximum absolute atomic E-state index is 13.3. The third-order valence-corrected chi connectivity index (χ3v) is 4.05. The van der Waals surface area contributed by atoms with Crippen molar-refractivity contribution >= 4 is 22.8 Å². The molecular formula is C20H17F3N2O4. The van der Waals surface area contributed by atoms with Gasteiger partial charge in [0.25, 0.3) is 0 Å². The minimum atomic E-state index is -4.74. The second-order valence-corrected chi connectivity index (χ2v) is 6.05. The first-order valence-corrected chi connectivity index (χ1v) is 8.73. The predicted octanol–water partition coefficient (Wildman–Crippen LogP) is 3.88. The SMILES string of the molecule is CCOc1ccc(C(=O)COC(=O)Cn2c(C(F)(F)F)nc3ccccc32)cc1. The zero-order valence-corrected chi connectivity index (χ0v) is 15.4. The number of hydrogen-bond donors (Lipinski definition) is 0. The van der Waals surface area contributed by atoms with E-state index < -0.39 is 36.9 Å². The summed E-state index contributed by atoms with van der Waals surface area (Å²) in [6.07, 6.45) is -4.74. The minimum Gasteiger partial charge on any atom is -0.494 e. The molecule has 3 aromatic rings. The number of ether oxygens (including phenoxy) is 2. The number of carbonyl (C=O) groups is 2. The summed E-state index contributed by atoms with van der Waals surface area (Å²) in [7, 11) is 0. The van der Waals surface area contributed by atoms with Crippen LogP contribution in [0.1, 0.15) is 23.1 Å². The molecule has 0 aliphatic carbocycles. The highest BCUT2D eigenvalue weighted by Gasteiger charge is 2.38. The molecule has 0 unspecified atom stereocenters. The number of aromatic nitrogens is 2. The van der Waals surface area contributed by atoms with E-state index in [-0.39, 0.29) is 11.0 Å². The zero-order valence-electron chi connectivity index (χ0n) is 15.4. The molecule has 0 aliphatic heterocycles. The summed E-state index contributed by atoms with van der Waals surface area (Å²) in [4.78, 5) is 27.8. The maximum atomic E-state index is 13.3. The van der Waals surface area contributed by atoms with Gasteiger partial charge in [-0.25, -0.2) is 4.98 Å². The van der Waals surface area contributed by atoms with Gasteiger partial charge in [-0.2, -0.15) is 13.2 Å². The van der Waals surface area contributed by atoms with E-state index in [0.717, 1.165) is 4.57 Å². The molecule has 29 heavy (non-hydrogen) atoms. The van der Waals surface area contributed by atoms with Crippen molar-refractivity contribution in [2.24, 2.45) is 0 Å². The number of Topliss-reactive ketones (excluding diaryl/α,β-unsaturated/α-hetero) is 1. The summed E-state index contributed by atoms with van der Waals surface area (Å²) in [6, 6.07) is 12.2. The van der Waals surface area contributed by atoms with Crippen LogP contribution >= 0.6 is 0 Å². The Hall–Kier alpha value is -3.36. The van der Waals surface area contributed by atoms with E-state index in [0.29, 0.717) is 17.9 Å². The van der Waals surface area contributed by atoms with Gasteiger partial charge >= 0.3 is 12.1 Å². The van der Waals surface area contributed by atoms with E-state index in [1.165, 1.54) is 24.3 Å². The van der Waals surface area contributed by atoms with Gasteiger partial charge in [-0.1, -0.05) is 12.1 Å². The highest BCUT2D eigenvalue weighted by molar-refractivity contribution is 5.98. The molecule has 0 fully saturated rings. The minimum absolute atomic E-state index is 0.109. The average Bonchev–Trinajstić information content (AvgIpc) is 3.06. The van der Waals surface area contributed by atoms with Crippen LogP contribution in [0.4, 0.5) is 13.2 Å². The van der Waals surface area contributed by atoms with E-state index in [9.17, 15) is 22.8 Å². The van der Waals surface area contributed by atoms with Gasteiger partial charge in [0.05, 0.1) is 17.6 Å². The van der Waals surface area contributed by atoms with Gasteiger partial charge in [-0.3, -0.25) is 9.59 Å². The number of nitrogens with zero attached hydrogens (tertiary/aromatic N) is 2. The average molecular weight is 406 g/mol. The molecule has 0 amide bonds. The van der Waals surface area contributed by atoms with Crippen LogP contribution < -0.4 is 4.74 Å². The first-order valence-electron chi connectivity index (χ1n) is 8.73. The number of imidazole rings is 1. The molecule has 0 atom stereocenters. The Bertz CT molecular complexity index is 1030. The number of para-hydroxylation sites is 2. The number of rotatable bonds is 7. The summed E-state index contributed by atoms with van der Waals surface area (Å²) < 4.78 is 50.7. The number of carbonyl (C=O) groups excluding carboxylic acids is 2. The number of halogens is 3. The molecule has 0 aliphatic rings. The Balaban J connectivity index is 1.69. The van der Waals surface area contributed by atoms with Gasteiger partial charge in [0.1, 0.15) is 12.3 Å². The van der Waals surface area contributed by atoms with Gasteiger partial charge in [-0.05, 0) is 43.3 Å². The van der Waals surface area contributed by atoms with Crippen LogP contribution in [0.3, 0.4) is 0 Å². The highest BCUT2D eigenvalue weighted by Crippen LogP contribution is 2.31. The van der Waals surface area contributed by atoms with E-state index in [1.807, 2.05) is 6.92 Å². The molecule has 0 N–H and O–H groups in total. The monoisotopic (exact) mass is 406 g/mol. The Labute approximate surface area is 163 Å². The lowest BCUT2D eigenvalue weighted by atomic mass is 10.1. The van der Waals surface area contributed by atoms with E-state index in [1.54, 1.807) is 24.3 Å². The molecule has 3 rings (SSSR count). The van der Waals surface area contributed by atoms with Gasteiger partial charge in [0.2, 0.25) is 5.82 Å². The molecule has 152 valence electrons. The molecule has 0 spiro atoms. The standard InChI is InChI=1S/C20H17F3N2O4/c1-2-28-14-9-7-13(8-10-14)17(26)12-29-18(27)11-25-16-6-4-3-5-15(16)24-19(25)20(21,22)23/h3-10H,2,11-12H2,1H3. The smallest absolute Gasteiger partial charge is 0.449 e. The van der Waals surface area contributed by atoms with Crippen LogP contribution in [0.25, 0.3) is 11.0 Å². The van der Waals surface area contributed by atoms with Crippen LogP contribution in [0.5, 0.6) is 5.75 Å². The number of esters is 1. The molecule has 1 heterocycles. The number of alkyl halides is 3. The number of fused-ring (bicyclic) bond motifs is 1. The molecule has 0 saturated heterocycles. The Kier molecular flexibility index (Phi) is 5.86. The molecule has 1 aromatic heterocycles. The summed E-state index contributed by atoms with van der Waals surface area (Å²) in [5, 5.41) is 0. The highest BCUT2D eigenvalue weighted by atomic mass is 19.4. The fourth-order valence-electron chi connectivity index (χ4n) is 2.76. The van der Waals surface area contributed by atoms with Crippen molar-refractivity contribution in [3.8, 4) is 5.75 Å². The van der Waals surface area contributed by atoms with Crippen molar-refractivity contribution in [3.63, 3.8) is 0 Å². The molecule has 2 aromatic carbocycles. The van der Waals surface area contributed by atoms with Crippen LogP contribution in [0.2, 0.25) is 0 Å². The van der Waals surface area contributed by atoms with Gasteiger partial charge < -0.3 is 14.0 Å². The van der Waals surface area contributed by atoms with Gasteiger partial charge in [0, 0.05) is 5.56 Å².